The Balaban J connectivity index is 2.26. The Hall–Kier alpha value is -3.10. The molecular weight excluding hydrogens is 343 g/mol. The van der Waals surface area contributed by atoms with Gasteiger partial charge in [-0.05, 0) is 23.8 Å². The zero-order valence-corrected chi connectivity index (χ0v) is 12.9. The maximum atomic E-state index is 13.1. The number of nitro groups is 1. The summed E-state index contributed by atoms with van der Waals surface area (Å²) in [5, 5.41) is 10.7. The molecule has 0 spiro atoms. The average Bonchev–Trinajstić information content (AvgIpc) is 2.58. The van der Waals surface area contributed by atoms with Crippen LogP contribution in [0.3, 0.4) is 0 Å². The number of non-ortho nitro benzene ring substituents is 1. The van der Waals surface area contributed by atoms with E-state index in [1.807, 2.05) is 0 Å². The van der Waals surface area contributed by atoms with E-state index in [1.165, 1.54) is 25.3 Å². The van der Waals surface area contributed by atoms with Crippen molar-refractivity contribution < 1.29 is 32.4 Å². The molecule has 0 heterocycles. The first kappa shape index (κ1) is 18.2. The molecule has 0 bridgehead atoms. The van der Waals surface area contributed by atoms with Gasteiger partial charge < -0.3 is 9.47 Å². The van der Waals surface area contributed by atoms with Crippen LogP contribution >= 0.6 is 0 Å². The molecular formula is C16H12F3NO5. The molecule has 2 aromatic carbocycles. The summed E-state index contributed by atoms with van der Waals surface area (Å²) in [5.74, 6) is -1.13. The van der Waals surface area contributed by atoms with Crippen molar-refractivity contribution >= 4 is 11.7 Å². The third-order valence-electron chi connectivity index (χ3n) is 3.22. The number of halogens is 3. The summed E-state index contributed by atoms with van der Waals surface area (Å²) in [6.07, 6.45) is -4.81. The topological polar surface area (TPSA) is 78.7 Å². The summed E-state index contributed by atoms with van der Waals surface area (Å²) in [6, 6.07) is 8.24. The second-order valence-electron chi connectivity index (χ2n) is 4.92. The maximum absolute atomic E-state index is 13.1. The third-order valence-corrected chi connectivity index (χ3v) is 3.22. The van der Waals surface area contributed by atoms with Crippen LogP contribution in [0.15, 0.2) is 42.5 Å². The van der Waals surface area contributed by atoms with Gasteiger partial charge in [-0.1, -0.05) is 12.1 Å². The molecule has 0 aliphatic carbocycles. The maximum Gasteiger partial charge on any atom is 0.420 e. The number of carbonyl (C=O) groups is 1. The fraction of sp³-hybridized carbons (Fsp3) is 0.188. The zero-order chi connectivity index (χ0) is 18.6. The fourth-order valence-corrected chi connectivity index (χ4v) is 2.05. The number of nitrogens with zero attached hydrogens (tertiary/aromatic N) is 1. The first-order valence-electron chi connectivity index (χ1n) is 6.88. The normalized spacial score (nSPS) is 11.0. The monoisotopic (exact) mass is 355 g/mol. The van der Waals surface area contributed by atoms with E-state index < -0.39 is 34.1 Å². The van der Waals surface area contributed by atoms with E-state index in [9.17, 15) is 28.1 Å². The van der Waals surface area contributed by atoms with Crippen LogP contribution in [0.25, 0.3) is 0 Å². The van der Waals surface area contributed by atoms with E-state index >= 15 is 0 Å². The van der Waals surface area contributed by atoms with Gasteiger partial charge in [0.15, 0.2) is 0 Å². The first-order valence-corrected chi connectivity index (χ1v) is 6.88. The summed E-state index contributed by atoms with van der Waals surface area (Å²) in [7, 11) is 1.21. The van der Waals surface area contributed by atoms with Gasteiger partial charge in [-0.15, -0.1) is 0 Å². The largest absolute Gasteiger partial charge is 0.488 e. The Bertz CT molecular complexity index is 805. The van der Waals surface area contributed by atoms with E-state index in [2.05, 4.69) is 4.74 Å². The molecule has 6 nitrogen and oxygen atoms in total. The summed E-state index contributed by atoms with van der Waals surface area (Å²) >= 11 is 0. The van der Waals surface area contributed by atoms with Crippen LogP contribution in [-0.4, -0.2) is 18.0 Å². The van der Waals surface area contributed by atoms with Crippen molar-refractivity contribution in [1.82, 2.24) is 0 Å². The molecule has 0 radical (unpaired) electrons. The van der Waals surface area contributed by atoms with Gasteiger partial charge in [-0.25, -0.2) is 4.79 Å². The minimum atomic E-state index is -4.81. The second kappa shape index (κ2) is 7.20. The molecule has 0 aliphatic heterocycles. The Morgan fingerprint density at radius 2 is 1.92 bits per heavy atom. The van der Waals surface area contributed by atoms with Crippen molar-refractivity contribution in [3.05, 3.63) is 69.3 Å². The van der Waals surface area contributed by atoms with Crippen LogP contribution in [0, 0.1) is 10.1 Å². The minimum Gasteiger partial charge on any atom is -0.488 e. The van der Waals surface area contributed by atoms with Crippen molar-refractivity contribution in [2.75, 3.05) is 7.11 Å². The average molecular weight is 355 g/mol. The highest BCUT2D eigenvalue weighted by molar-refractivity contribution is 5.89. The zero-order valence-electron chi connectivity index (χ0n) is 12.9. The van der Waals surface area contributed by atoms with Gasteiger partial charge in [0, 0.05) is 12.1 Å². The van der Waals surface area contributed by atoms with E-state index in [1.54, 1.807) is 6.07 Å². The van der Waals surface area contributed by atoms with Crippen molar-refractivity contribution in [2.45, 2.75) is 12.8 Å². The predicted molar refractivity (Wildman–Crippen MR) is 80.2 cm³/mol. The number of ether oxygens (including phenoxy) is 2. The van der Waals surface area contributed by atoms with E-state index in [4.69, 9.17) is 4.74 Å². The van der Waals surface area contributed by atoms with Crippen molar-refractivity contribution in [2.24, 2.45) is 0 Å². The predicted octanol–water partition coefficient (Wildman–Crippen LogP) is 3.98. The number of hydrogen-bond acceptors (Lipinski definition) is 5. The molecule has 0 aromatic heterocycles. The number of carbonyl (C=O) groups excluding carboxylic acids is 1. The van der Waals surface area contributed by atoms with Gasteiger partial charge in [-0.2, -0.15) is 13.2 Å². The van der Waals surface area contributed by atoms with Gasteiger partial charge in [0.05, 0.1) is 17.6 Å². The van der Waals surface area contributed by atoms with Gasteiger partial charge in [0.2, 0.25) is 0 Å². The van der Waals surface area contributed by atoms with Crippen LogP contribution in [0.5, 0.6) is 5.75 Å². The standard InChI is InChI=1S/C16H12F3NO5/c1-24-15(21)11-4-2-3-10(7-11)9-25-14-6-5-12(20(22)23)8-13(14)16(17,18)19/h2-8H,9H2,1H3. The van der Waals surface area contributed by atoms with Gasteiger partial charge in [0.25, 0.3) is 5.69 Å². The minimum absolute atomic E-state index is 0.225. The molecule has 9 heteroatoms. The molecule has 0 saturated heterocycles. The summed E-state index contributed by atoms with van der Waals surface area (Å²) in [5.41, 5.74) is -1.27. The molecule has 0 aliphatic rings. The quantitative estimate of drug-likeness (QED) is 0.460. The first-order chi connectivity index (χ1) is 11.7. The summed E-state index contributed by atoms with van der Waals surface area (Å²) in [4.78, 5) is 21.2. The molecule has 0 atom stereocenters. The number of esters is 1. The molecule has 2 aromatic rings. The Morgan fingerprint density at radius 1 is 1.20 bits per heavy atom. The highest BCUT2D eigenvalue weighted by Crippen LogP contribution is 2.38. The highest BCUT2D eigenvalue weighted by atomic mass is 19.4. The molecule has 0 amide bonds. The Morgan fingerprint density at radius 3 is 2.52 bits per heavy atom. The second-order valence-corrected chi connectivity index (χ2v) is 4.92. The Kier molecular flexibility index (Phi) is 5.26. The Labute approximate surface area is 139 Å². The number of rotatable bonds is 5. The molecule has 0 N–H and O–H groups in total. The van der Waals surface area contributed by atoms with Gasteiger partial charge >= 0.3 is 12.1 Å². The third kappa shape index (κ3) is 4.46. The number of nitro benzene ring substituents is 1. The number of benzene rings is 2. The fourth-order valence-electron chi connectivity index (χ4n) is 2.05. The van der Waals surface area contributed by atoms with Crippen LogP contribution in [-0.2, 0) is 17.5 Å². The molecule has 0 fully saturated rings. The molecule has 132 valence electrons. The summed E-state index contributed by atoms with van der Waals surface area (Å²) < 4.78 is 48.9. The van der Waals surface area contributed by atoms with Gasteiger partial charge in [-0.3, -0.25) is 10.1 Å². The smallest absolute Gasteiger partial charge is 0.420 e. The van der Waals surface area contributed by atoms with Crippen LogP contribution in [0.4, 0.5) is 18.9 Å². The number of hydrogen-bond donors (Lipinski definition) is 0. The van der Waals surface area contributed by atoms with Crippen molar-refractivity contribution in [3.8, 4) is 5.75 Å². The van der Waals surface area contributed by atoms with Crippen LogP contribution in [0.2, 0.25) is 0 Å². The van der Waals surface area contributed by atoms with E-state index in [0.717, 1.165) is 12.1 Å². The lowest BCUT2D eigenvalue weighted by molar-refractivity contribution is -0.385. The lowest BCUT2D eigenvalue weighted by atomic mass is 10.1. The van der Waals surface area contributed by atoms with Crippen LogP contribution in [0.1, 0.15) is 21.5 Å². The van der Waals surface area contributed by atoms with E-state index in [0.29, 0.717) is 11.6 Å². The lowest BCUT2D eigenvalue weighted by Crippen LogP contribution is -2.10. The molecule has 2 rings (SSSR count). The van der Waals surface area contributed by atoms with E-state index in [-0.39, 0.29) is 12.2 Å². The van der Waals surface area contributed by atoms with Crippen molar-refractivity contribution in [1.29, 1.82) is 0 Å². The van der Waals surface area contributed by atoms with Crippen LogP contribution < -0.4 is 4.74 Å². The molecule has 25 heavy (non-hydrogen) atoms. The van der Waals surface area contributed by atoms with Gasteiger partial charge in [0.1, 0.15) is 17.9 Å². The SMILES string of the molecule is COC(=O)c1cccc(COc2ccc([N+](=O)[O-])cc2C(F)(F)F)c1. The summed E-state index contributed by atoms with van der Waals surface area (Å²) in [6.45, 7) is -0.258. The van der Waals surface area contributed by atoms with Crippen molar-refractivity contribution in [3.63, 3.8) is 0 Å². The lowest BCUT2D eigenvalue weighted by Gasteiger charge is -2.14. The highest BCUT2D eigenvalue weighted by Gasteiger charge is 2.36. The molecule has 0 unspecified atom stereocenters. The molecule has 0 saturated carbocycles. The number of methoxy groups -OCH3 is 1. The number of alkyl halides is 3.